The molecular formula is C17H26N2O3. The highest BCUT2D eigenvalue weighted by atomic mass is 16.5. The first kappa shape index (κ1) is 18.2. The average Bonchev–Trinajstić information content (AvgIpc) is 2.56. The summed E-state index contributed by atoms with van der Waals surface area (Å²) in [5.74, 6) is -0.517. The van der Waals surface area contributed by atoms with Crippen molar-refractivity contribution in [1.82, 2.24) is 10.6 Å². The Balaban J connectivity index is 2.66. The third-order valence-electron chi connectivity index (χ3n) is 3.71. The van der Waals surface area contributed by atoms with E-state index in [1.54, 1.807) is 14.0 Å². The zero-order valence-corrected chi connectivity index (χ0v) is 13.8. The summed E-state index contributed by atoms with van der Waals surface area (Å²) < 4.78 is 5.75. The SMILES string of the molecule is CCC(C)C(=O)NC(C(=O)NC)C(C)OCc1ccccc1. The van der Waals surface area contributed by atoms with E-state index in [1.807, 2.05) is 44.2 Å². The van der Waals surface area contributed by atoms with E-state index in [1.165, 1.54) is 0 Å². The Hall–Kier alpha value is -1.88. The van der Waals surface area contributed by atoms with Crippen LogP contribution in [-0.2, 0) is 20.9 Å². The molecule has 0 aliphatic heterocycles. The van der Waals surface area contributed by atoms with E-state index in [-0.39, 0.29) is 17.7 Å². The highest BCUT2D eigenvalue weighted by molar-refractivity contribution is 5.88. The highest BCUT2D eigenvalue weighted by Crippen LogP contribution is 2.08. The van der Waals surface area contributed by atoms with Crippen molar-refractivity contribution in [3.8, 4) is 0 Å². The summed E-state index contributed by atoms with van der Waals surface area (Å²) in [7, 11) is 1.55. The van der Waals surface area contributed by atoms with E-state index in [4.69, 9.17) is 4.74 Å². The molecule has 0 aromatic heterocycles. The van der Waals surface area contributed by atoms with Crippen molar-refractivity contribution in [1.29, 1.82) is 0 Å². The molecule has 0 aliphatic rings. The minimum atomic E-state index is -0.699. The molecule has 22 heavy (non-hydrogen) atoms. The van der Waals surface area contributed by atoms with Crippen molar-refractivity contribution in [3.63, 3.8) is 0 Å². The second kappa shape index (κ2) is 9.20. The summed E-state index contributed by atoms with van der Waals surface area (Å²) in [6.07, 6.45) is 0.305. The van der Waals surface area contributed by atoms with Gasteiger partial charge in [0, 0.05) is 13.0 Å². The van der Waals surface area contributed by atoms with Gasteiger partial charge in [0.1, 0.15) is 6.04 Å². The normalized spacial score (nSPS) is 14.7. The minimum Gasteiger partial charge on any atom is -0.371 e. The van der Waals surface area contributed by atoms with Gasteiger partial charge in [0.15, 0.2) is 0 Å². The first-order chi connectivity index (χ1) is 10.5. The fourth-order valence-corrected chi connectivity index (χ4v) is 1.93. The fourth-order valence-electron chi connectivity index (χ4n) is 1.93. The van der Waals surface area contributed by atoms with Crippen molar-refractivity contribution < 1.29 is 14.3 Å². The molecule has 2 N–H and O–H groups in total. The van der Waals surface area contributed by atoms with E-state index < -0.39 is 12.1 Å². The lowest BCUT2D eigenvalue weighted by Gasteiger charge is -2.25. The van der Waals surface area contributed by atoms with E-state index in [9.17, 15) is 9.59 Å². The Bertz CT molecular complexity index is 476. The molecule has 3 unspecified atom stereocenters. The molecule has 0 saturated carbocycles. The third-order valence-corrected chi connectivity index (χ3v) is 3.71. The number of amides is 2. The number of nitrogens with one attached hydrogen (secondary N) is 2. The van der Waals surface area contributed by atoms with Gasteiger partial charge in [-0.2, -0.15) is 0 Å². The Morgan fingerprint density at radius 3 is 2.32 bits per heavy atom. The van der Waals surface area contributed by atoms with Gasteiger partial charge in [0.2, 0.25) is 11.8 Å². The molecule has 0 radical (unpaired) electrons. The largest absolute Gasteiger partial charge is 0.371 e. The van der Waals surface area contributed by atoms with Gasteiger partial charge in [-0.1, -0.05) is 44.2 Å². The molecule has 3 atom stereocenters. The maximum absolute atomic E-state index is 12.0. The van der Waals surface area contributed by atoms with E-state index in [0.29, 0.717) is 6.61 Å². The van der Waals surface area contributed by atoms with Crippen molar-refractivity contribution in [2.45, 2.75) is 45.9 Å². The van der Waals surface area contributed by atoms with E-state index >= 15 is 0 Å². The lowest BCUT2D eigenvalue weighted by atomic mass is 10.1. The quantitative estimate of drug-likeness (QED) is 0.770. The Morgan fingerprint density at radius 1 is 1.14 bits per heavy atom. The lowest BCUT2D eigenvalue weighted by Crippen LogP contribution is -2.53. The second-order valence-corrected chi connectivity index (χ2v) is 5.41. The molecule has 0 aliphatic carbocycles. The van der Waals surface area contributed by atoms with Crippen LogP contribution in [0.5, 0.6) is 0 Å². The molecule has 0 spiro atoms. The van der Waals surface area contributed by atoms with Crippen LogP contribution in [-0.4, -0.2) is 31.0 Å². The molecule has 0 heterocycles. The summed E-state index contributed by atoms with van der Waals surface area (Å²) in [5, 5.41) is 5.35. The second-order valence-electron chi connectivity index (χ2n) is 5.41. The van der Waals surface area contributed by atoms with Gasteiger partial charge < -0.3 is 15.4 Å². The van der Waals surface area contributed by atoms with Gasteiger partial charge in [-0.05, 0) is 18.9 Å². The lowest BCUT2D eigenvalue weighted by molar-refractivity contribution is -0.134. The van der Waals surface area contributed by atoms with Crippen LogP contribution in [0.3, 0.4) is 0 Å². The number of likely N-dealkylation sites (N-methyl/N-ethyl adjacent to an activating group) is 1. The number of benzene rings is 1. The molecule has 2 amide bonds. The first-order valence-corrected chi connectivity index (χ1v) is 7.67. The van der Waals surface area contributed by atoms with Crippen molar-refractivity contribution >= 4 is 11.8 Å². The summed E-state index contributed by atoms with van der Waals surface area (Å²) in [5.41, 5.74) is 1.03. The van der Waals surface area contributed by atoms with Crippen molar-refractivity contribution in [3.05, 3.63) is 35.9 Å². The average molecular weight is 306 g/mol. The Labute approximate surface area is 132 Å². The Kier molecular flexibility index (Phi) is 7.60. The third kappa shape index (κ3) is 5.48. The molecule has 1 rings (SSSR count). The number of ether oxygens (including phenoxy) is 1. The molecule has 0 bridgehead atoms. The number of hydrogen-bond acceptors (Lipinski definition) is 3. The molecule has 0 fully saturated rings. The maximum Gasteiger partial charge on any atom is 0.245 e. The fraction of sp³-hybridized carbons (Fsp3) is 0.529. The highest BCUT2D eigenvalue weighted by Gasteiger charge is 2.28. The van der Waals surface area contributed by atoms with Crippen LogP contribution >= 0.6 is 0 Å². The summed E-state index contributed by atoms with van der Waals surface area (Å²) in [4.78, 5) is 24.0. The van der Waals surface area contributed by atoms with Gasteiger partial charge in [-0.25, -0.2) is 0 Å². The summed E-state index contributed by atoms with van der Waals surface area (Å²) in [6.45, 7) is 5.97. The zero-order chi connectivity index (χ0) is 16.5. The molecule has 1 aromatic rings. The smallest absolute Gasteiger partial charge is 0.245 e. The number of carbonyl (C=O) groups is 2. The van der Waals surface area contributed by atoms with Crippen LogP contribution in [0.4, 0.5) is 0 Å². The van der Waals surface area contributed by atoms with Crippen LogP contribution in [0.1, 0.15) is 32.8 Å². The van der Waals surface area contributed by atoms with Crippen molar-refractivity contribution in [2.75, 3.05) is 7.05 Å². The maximum atomic E-state index is 12.0. The van der Waals surface area contributed by atoms with Crippen LogP contribution in [0.2, 0.25) is 0 Å². The van der Waals surface area contributed by atoms with Crippen LogP contribution in [0.15, 0.2) is 30.3 Å². The number of rotatable bonds is 8. The van der Waals surface area contributed by atoms with Crippen LogP contribution in [0, 0.1) is 5.92 Å². The molecule has 122 valence electrons. The topological polar surface area (TPSA) is 67.4 Å². The summed E-state index contributed by atoms with van der Waals surface area (Å²) >= 11 is 0. The number of carbonyl (C=O) groups excluding carboxylic acids is 2. The van der Waals surface area contributed by atoms with Gasteiger partial charge in [-0.3, -0.25) is 9.59 Å². The van der Waals surface area contributed by atoms with Gasteiger partial charge >= 0.3 is 0 Å². The summed E-state index contributed by atoms with van der Waals surface area (Å²) in [6, 6.07) is 9.02. The molecule has 0 saturated heterocycles. The van der Waals surface area contributed by atoms with Crippen LogP contribution < -0.4 is 10.6 Å². The van der Waals surface area contributed by atoms with Crippen LogP contribution in [0.25, 0.3) is 0 Å². The molecule has 1 aromatic carbocycles. The van der Waals surface area contributed by atoms with E-state index in [2.05, 4.69) is 10.6 Å². The standard InChI is InChI=1S/C17H26N2O3/c1-5-12(2)16(20)19-15(17(21)18-4)13(3)22-11-14-9-7-6-8-10-14/h6-10,12-13,15H,5,11H2,1-4H3,(H,18,21)(H,19,20). The molecule has 5 heteroatoms. The van der Waals surface area contributed by atoms with E-state index in [0.717, 1.165) is 12.0 Å². The van der Waals surface area contributed by atoms with Crippen molar-refractivity contribution in [2.24, 2.45) is 5.92 Å². The van der Waals surface area contributed by atoms with Gasteiger partial charge in [0.05, 0.1) is 12.7 Å². The van der Waals surface area contributed by atoms with Gasteiger partial charge in [0.25, 0.3) is 0 Å². The predicted octanol–water partition coefficient (Wildman–Crippen LogP) is 1.87. The minimum absolute atomic E-state index is 0.131. The first-order valence-electron chi connectivity index (χ1n) is 7.67. The zero-order valence-electron chi connectivity index (χ0n) is 13.8. The monoisotopic (exact) mass is 306 g/mol. The predicted molar refractivity (Wildman–Crippen MR) is 86.1 cm³/mol. The number of hydrogen-bond donors (Lipinski definition) is 2. The molecular weight excluding hydrogens is 280 g/mol. The van der Waals surface area contributed by atoms with Gasteiger partial charge in [-0.15, -0.1) is 0 Å². The molecule has 5 nitrogen and oxygen atoms in total. The Morgan fingerprint density at radius 2 is 1.77 bits per heavy atom.